The number of ether oxygens (including phenoxy) is 4. The molecule has 2 unspecified atom stereocenters. The molecule has 0 aromatic heterocycles. The molecule has 1 N–H and O–H groups in total. The first-order valence-electron chi connectivity index (χ1n) is 7.46. The molecule has 11 nitrogen and oxygen atoms in total. The molecule has 0 bridgehead atoms. The van der Waals surface area contributed by atoms with Gasteiger partial charge in [-0.25, -0.2) is 0 Å². The lowest BCUT2D eigenvalue weighted by molar-refractivity contribution is -0.288. The minimum atomic E-state index is -6.25. The van der Waals surface area contributed by atoms with Gasteiger partial charge in [-0.1, -0.05) is 0 Å². The molecule has 5 atom stereocenters. The number of hydrogen-bond acceptors (Lipinski definition) is 11. The molecule has 0 spiro atoms. The molecule has 1 aliphatic rings. The van der Waals surface area contributed by atoms with Crippen molar-refractivity contribution in [1.82, 2.24) is 0 Å². The van der Waals surface area contributed by atoms with E-state index in [1.54, 1.807) is 0 Å². The van der Waals surface area contributed by atoms with Crippen molar-refractivity contribution in [3.05, 3.63) is 0 Å². The molecular formula is C13H17F3O11S. The van der Waals surface area contributed by atoms with Crippen LogP contribution in [0.4, 0.5) is 13.2 Å². The molecule has 1 fully saturated rings. The summed E-state index contributed by atoms with van der Waals surface area (Å²) in [6, 6.07) is 0. The van der Waals surface area contributed by atoms with Gasteiger partial charge >= 0.3 is 33.5 Å². The lowest BCUT2D eigenvalue weighted by Gasteiger charge is -2.42. The first kappa shape index (κ1) is 24.1. The topological polar surface area (TPSA) is 152 Å². The molecule has 15 heteroatoms. The minimum absolute atomic E-state index is 0.666. The summed E-state index contributed by atoms with van der Waals surface area (Å²) in [7, 11) is -6.25. The van der Waals surface area contributed by atoms with E-state index in [9.17, 15) is 41.1 Å². The van der Waals surface area contributed by atoms with Gasteiger partial charge in [0.25, 0.3) is 0 Å². The first-order chi connectivity index (χ1) is 12.7. The Labute approximate surface area is 156 Å². The van der Waals surface area contributed by atoms with Crippen LogP contribution in [0.5, 0.6) is 0 Å². The highest BCUT2D eigenvalue weighted by atomic mass is 32.2. The SMILES string of the molecule is CC(=O)OCC1O[C@H](O)C(OS(=O)(=O)C(F)(F)F)[C@@H](OC(C)=O)[C@@H]1OC(C)=O. The Balaban J connectivity index is 3.29. The third-order valence-electron chi connectivity index (χ3n) is 3.19. The molecule has 0 amide bonds. The van der Waals surface area contributed by atoms with Crippen molar-refractivity contribution in [3.63, 3.8) is 0 Å². The van der Waals surface area contributed by atoms with Crippen LogP contribution in [-0.4, -0.2) is 74.3 Å². The average Bonchev–Trinajstić information content (AvgIpc) is 2.49. The molecule has 1 rings (SSSR count). The van der Waals surface area contributed by atoms with E-state index in [0.717, 1.165) is 20.8 Å². The Morgan fingerprint density at radius 2 is 1.46 bits per heavy atom. The summed E-state index contributed by atoms with van der Waals surface area (Å²) in [5, 5.41) is 9.92. The van der Waals surface area contributed by atoms with Crippen LogP contribution in [0, 0.1) is 0 Å². The van der Waals surface area contributed by atoms with Crippen LogP contribution in [0.2, 0.25) is 0 Å². The molecule has 162 valence electrons. The fraction of sp³-hybridized carbons (Fsp3) is 0.769. The van der Waals surface area contributed by atoms with Gasteiger partial charge in [-0.3, -0.25) is 18.6 Å². The molecule has 1 saturated heterocycles. The molecule has 0 saturated carbocycles. The lowest BCUT2D eigenvalue weighted by atomic mass is 9.98. The molecule has 0 radical (unpaired) electrons. The number of esters is 3. The van der Waals surface area contributed by atoms with E-state index in [-0.39, 0.29) is 0 Å². The second kappa shape index (κ2) is 9.02. The zero-order valence-electron chi connectivity index (χ0n) is 14.7. The van der Waals surface area contributed by atoms with Gasteiger partial charge in [-0.15, -0.1) is 0 Å². The highest BCUT2D eigenvalue weighted by Crippen LogP contribution is 2.33. The van der Waals surface area contributed by atoms with E-state index in [1.165, 1.54) is 0 Å². The monoisotopic (exact) mass is 438 g/mol. The van der Waals surface area contributed by atoms with Gasteiger partial charge in [0.2, 0.25) is 0 Å². The van der Waals surface area contributed by atoms with Crippen LogP contribution in [0.15, 0.2) is 0 Å². The molecule has 1 heterocycles. The molecule has 0 aromatic rings. The molecule has 1 aliphatic heterocycles. The van der Waals surface area contributed by atoms with E-state index < -0.39 is 70.8 Å². The summed E-state index contributed by atoms with van der Waals surface area (Å²) in [5.41, 5.74) is -5.86. The number of hydrogen-bond donors (Lipinski definition) is 1. The van der Waals surface area contributed by atoms with Crippen molar-refractivity contribution in [2.75, 3.05) is 6.61 Å². The summed E-state index contributed by atoms with van der Waals surface area (Å²) in [5.74, 6) is -2.96. The average molecular weight is 438 g/mol. The van der Waals surface area contributed by atoms with Crippen LogP contribution in [0.25, 0.3) is 0 Å². The second-order valence-corrected chi connectivity index (χ2v) is 7.04. The van der Waals surface area contributed by atoms with Crippen LogP contribution >= 0.6 is 0 Å². The number of aliphatic hydroxyl groups excluding tert-OH is 1. The zero-order valence-corrected chi connectivity index (χ0v) is 15.5. The number of halogens is 3. The highest BCUT2D eigenvalue weighted by molar-refractivity contribution is 7.87. The van der Waals surface area contributed by atoms with Crippen molar-refractivity contribution >= 4 is 28.0 Å². The Hall–Kier alpha value is -1.97. The van der Waals surface area contributed by atoms with Crippen molar-refractivity contribution in [1.29, 1.82) is 0 Å². The van der Waals surface area contributed by atoms with Gasteiger partial charge < -0.3 is 24.1 Å². The smallest absolute Gasteiger partial charge is 0.463 e. The standard InChI is InChI=1S/C13H17F3O11S/c1-5(17)23-4-8-9(24-6(2)18)10(25-7(3)19)11(12(20)26-8)27-28(21,22)13(14,15)16/h8-12,20H,4H2,1-3H3/t8?,9-,10+,11?,12+/m1/s1. The van der Waals surface area contributed by atoms with E-state index in [1.807, 2.05) is 0 Å². The first-order valence-corrected chi connectivity index (χ1v) is 8.87. The van der Waals surface area contributed by atoms with Crippen molar-refractivity contribution in [2.24, 2.45) is 0 Å². The lowest BCUT2D eigenvalue weighted by Crippen LogP contribution is -2.62. The van der Waals surface area contributed by atoms with Gasteiger partial charge in [0, 0.05) is 20.8 Å². The normalized spacial score (nSPS) is 28.3. The minimum Gasteiger partial charge on any atom is -0.463 e. The summed E-state index contributed by atoms with van der Waals surface area (Å²) >= 11 is 0. The van der Waals surface area contributed by atoms with Gasteiger partial charge in [0.05, 0.1) is 0 Å². The van der Waals surface area contributed by atoms with Crippen LogP contribution in [0.1, 0.15) is 20.8 Å². The Morgan fingerprint density at radius 1 is 0.964 bits per heavy atom. The Morgan fingerprint density at radius 3 is 1.89 bits per heavy atom. The number of carbonyl (C=O) groups is 3. The van der Waals surface area contributed by atoms with Gasteiger partial charge in [-0.2, -0.15) is 21.6 Å². The van der Waals surface area contributed by atoms with Crippen molar-refractivity contribution < 1.29 is 64.2 Å². The van der Waals surface area contributed by atoms with Crippen LogP contribution < -0.4 is 0 Å². The van der Waals surface area contributed by atoms with E-state index >= 15 is 0 Å². The van der Waals surface area contributed by atoms with Crippen LogP contribution in [0.3, 0.4) is 0 Å². The third-order valence-corrected chi connectivity index (χ3v) is 4.23. The van der Waals surface area contributed by atoms with E-state index in [4.69, 9.17) is 14.2 Å². The van der Waals surface area contributed by atoms with Crippen molar-refractivity contribution in [3.8, 4) is 0 Å². The zero-order chi connectivity index (χ0) is 21.9. The van der Waals surface area contributed by atoms with E-state index in [2.05, 4.69) is 8.92 Å². The maximum Gasteiger partial charge on any atom is 0.523 e. The predicted molar refractivity (Wildman–Crippen MR) is 78.5 cm³/mol. The second-order valence-electron chi connectivity index (χ2n) is 5.48. The molecular weight excluding hydrogens is 421 g/mol. The summed E-state index contributed by atoms with van der Waals surface area (Å²) in [4.78, 5) is 33.6. The number of alkyl halides is 3. The fourth-order valence-corrected chi connectivity index (χ4v) is 2.80. The Kier molecular flexibility index (Phi) is 7.75. The largest absolute Gasteiger partial charge is 0.523 e. The predicted octanol–water partition coefficient (Wildman–Crippen LogP) is -0.635. The summed E-state index contributed by atoms with van der Waals surface area (Å²) in [6.07, 6.45) is -10.1. The van der Waals surface area contributed by atoms with Gasteiger partial charge in [0.1, 0.15) is 12.7 Å². The number of aliphatic hydroxyl groups is 1. The summed E-state index contributed by atoms with van der Waals surface area (Å²) in [6.45, 7) is 2.05. The van der Waals surface area contributed by atoms with Crippen molar-refractivity contribution in [2.45, 2.75) is 57.0 Å². The van der Waals surface area contributed by atoms with E-state index in [0.29, 0.717) is 0 Å². The summed E-state index contributed by atoms with van der Waals surface area (Å²) < 4.78 is 83.5. The maximum atomic E-state index is 12.6. The van der Waals surface area contributed by atoms with Gasteiger partial charge in [0.15, 0.2) is 24.6 Å². The molecule has 0 aliphatic carbocycles. The number of rotatable bonds is 6. The van der Waals surface area contributed by atoms with Crippen LogP contribution in [-0.2, 0) is 47.6 Å². The Bertz CT molecular complexity index is 705. The molecule has 0 aromatic carbocycles. The fourth-order valence-electron chi connectivity index (χ4n) is 2.19. The highest BCUT2D eigenvalue weighted by Gasteiger charge is 2.56. The molecule has 28 heavy (non-hydrogen) atoms. The third kappa shape index (κ3) is 6.29. The van der Waals surface area contributed by atoms with Gasteiger partial charge in [-0.05, 0) is 0 Å². The quantitative estimate of drug-likeness (QED) is 0.244. The number of carbonyl (C=O) groups excluding carboxylic acids is 3. The maximum absolute atomic E-state index is 12.6.